The SMILES string of the molecule is CCC(C)Cn1cc(N)c(C(N)=O)n1. The average molecular weight is 196 g/mol. The molecule has 1 heterocycles. The maximum absolute atomic E-state index is 10.9. The zero-order valence-corrected chi connectivity index (χ0v) is 8.53. The summed E-state index contributed by atoms with van der Waals surface area (Å²) in [6, 6.07) is 0. The topological polar surface area (TPSA) is 86.9 Å². The quantitative estimate of drug-likeness (QED) is 0.739. The van der Waals surface area contributed by atoms with E-state index >= 15 is 0 Å². The van der Waals surface area contributed by atoms with Crippen LogP contribution in [0.25, 0.3) is 0 Å². The number of primary amides is 1. The molecule has 0 fully saturated rings. The van der Waals surface area contributed by atoms with Gasteiger partial charge >= 0.3 is 0 Å². The van der Waals surface area contributed by atoms with Crippen LogP contribution in [0.5, 0.6) is 0 Å². The minimum Gasteiger partial charge on any atom is -0.396 e. The largest absolute Gasteiger partial charge is 0.396 e. The van der Waals surface area contributed by atoms with Crippen LogP contribution in [-0.4, -0.2) is 15.7 Å². The molecule has 0 aliphatic carbocycles. The van der Waals surface area contributed by atoms with Crippen LogP contribution in [0.4, 0.5) is 5.69 Å². The van der Waals surface area contributed by atoms with Crippen LogP contribution in [0.1, 0.15) is 30.8 Å². The van der Waals surface area contributed by atoms with Gasteiger partial charge in [-0.1, -0.05) is 20.3 Å². The number of rotatable bonds is 4. The van der Waals surface area contributed by atoms with E-state index in [1.165, 1.54) is 0 Å². The first-order valence-corrected chi connectivity index (χ1v) is 4.67. The number of nitrogens with zero attached hydrogens (tertiary/aromatic N) is 2. The highest BCUT2D eigenvalue weighted by atomic mass is 16.1. The minimum absolute atomic E-state index is 0.160. The van der Waals surface area contributed by atoms with Crippen LogP contribution >= 0.6 is 0 Å². The van der Waals surface area contributed by atoms with Gasteiger partial charge in [-0.2, -0.15) is 5.10 Å². The van der Waals surface area contributed by atoms with Crippen LogP contribution in [0.2, 0.25) is 0 Å². The second kappa shape index (κ2) is 4.13. The summed E-state index contributed by atoms with van der Waals surface area (Å²) in [4.78, 5) is 10.9. The highest BCUT2D eigenvalue weighted by Crippen LogP contribution is 2.11. The van der Waals surface area contributed by atoms with E-state index in [1.807, 2.05) is 0 Å². The zero-order chi connectivity index (χ0) is 10.7. The van der Waals surface area contributed by atoms with E-state index in [4.69, 9.17) is 11.5 Å². The molecule has 0 saturated carbocycles. The van der Waals surface area contributed by atoms with Crippen LogP contribution in [-0.2, 0) is 6.54 Å². The van der Waals surface area contributed by atoms with Crippen molar-refractivity contribution >= 4 is 11.6 Å². The van der Waals surface area contributed by atoms with Crippen molar-refractivity contribution in [3.63, 3.8) is 0 Å². The van der Waals surface area contributed by atoms with Crippen molar-refractivity contribution < 1.29 is 4.79 Å². The predicted octanol–water partition coefficient (Wildman–Crippen LogP) is 0.610. The third kappa shape index (κ3) is 2.25. The van der Waals surface area contributed by atoms with Gasteiger partial charge in [0, 0.05) is 12.7 Å². The van der Waals surface area contributed by atoms with E-state index in [2.05, 4.69) is 18.9 Å². The Kier molecular flexibility index (Phi) is 3.11. The highest BCUT2D eigenvalue weighted by Gasteiger charge is 2.11. The van der Waals surface area contributed by atoms with Crippen molar-refractivity contribution in [2.75, 3.05) is 5.73 Å². The van der Waals surface area contributed by atoms with E-state index in [0.717, 1.165) is 13.0 Å². The first-order valence-electron chi connectivity index (χ1n) is 4.67. The summed E-state index contributed by atoms with van der Waals surface area (Å²) in [5, 5.41) is 4.01. The first kappa shape index (κ1) is 10.6. The molecule has 0 aliphatic rings. The lowest BCUT2D eigenvalue weighted by Gasteiger charge is -2.07. The van der Waals surface area contributed by atoms with Crippen LogP contribution < -0.4 is 11.5 Å². The van der Waals surface area contributed by atoms with Crippen LogP contribution in [0, 0.1) is 5.92 Å². The number of aromatic nitrogens is 2. The molecule has 0 radical (unpaired) electrons. The molecule has 0 bridgehead atoms. The van der Waals surface area contributed by atoms with E-state index in [-0.39, 0.29) is 5.69 Å². The second-order valence-corrected chi connectivity index (χ2v) is 3.53. The summed E-state index contributed by atoms with van der Waals surface area (Å²) >= 11 is 0. The standard InChI is InChI=1S/C9H16N4O/c1-3-6(2)4-13-5-7(10)8(12-13)9(11)14/h5-6H,3-4,10H2,1-2H3,(H2,11,14). The molecule has 0 aromatic carbocycles. The van der Waals surface area contributed by atoms with Crippen molar-refractivity contribution in [2.24, 2.45) is 11.7 Å². The first-order chi connectivity index (χ1) is 6.54. The fourth-order valence-corrected chi connectivity index (χ4v) is 1.17. The molecule has 5 heteroatoms. The van der Waals surface area contributed by atoms with E-state index < -0.39 is 5.91 Å². The van der Waals surface area contributed by atoms with Gasteiger partial charge in [0.25, 0.3) is 5.91 Å². The smallest absolute Gasteiger partial charge is 0.271 e. The highest BCUT2D eigenvalue weighted by molar-refractivity contribution is 5.95. The number of hydrogen-bond donors (Lipinski definition) is 2. The lowest BCUT2D eigenvalue weighted by molar-refractivity contribution is 0.0995. The second-order valence-electron chi connectivity index (χ2n) is 3.53. The van der Waals surface area contributed by atoms with Gasteiger partial charge in [-0.3, -0.25) is 9.48 Å². The Bertz CT molecular complexity index is 332. The summed E-state index contributed by atoms with van der Waals surface area (Å²) in [6.45, 7) is 4.97. The third-order valence-corrected chi connectivity index (χ3v) is 2.22. The molecule has 0 aliphatic heterocycles. The molecule has 1 amide bonds. The summed E-state index contributed by atoms with van der Waals surface area (Å²) < 4.78 is 1.67. The Morgan fingerprint density at radius 2 is 2.36 bits per heavy atom. The number of carbonyl (C=O) groups excluding carboxylic acids is 1. The van der Waals surface area contributed by atoms with E-state index in [0.29, 0.717) is 11.6 Å². The van der Waals surface area contributed by atoms with E-state index in [9.17, 15) is 4.79 Å². The molecule has 0 saturated heterocycles. The number of hydrogen-bond acceptors (Lipinski definition) is 3. The molecule has 5 nitrogen and oxygen atoms in total. The molecular weight excluding hydrogens is 180 g/mol. The van der Waals surface area contributed by atoms with Gasteiger partial charge in [-0.15, -0.1) is 0 Å². The Morgan fingerprint density at radius 3 is 2.79 bits per heavy atom. The maximum atomic E-state index is 10.9. The van der Waals surface area contributed by atoms with Gasteiger partial charge in [-0.05, 0) is 5.92 Å². The number of nitrogen functional groups attached to an aromatic ring is 1. The fraction of sp³-hybridized carbons (Fsp3) is 0.556. The van der Waals surface area contributed by atoms with Crippen LogP contribution in [0.3, 0.4) is 0 Å². The third-order valence-electron chi connectivity index (χ3n) is 2.22. The Hall–Kier alpha value is -1.52. The van der Waals surface area contributed by atoms with Crippen molar-refractivity contribution in [1.82, 2.24) is 9.78 Å². The van der Waals surface area contributed by atoms with Gasteiger partial charge in [0.15, 0.2) is 5.69 Å². The molecule has 4 N–H and O–H groups in total. The number of anilines is 1. The Labute approximate surface area is 83.1 Å². The van der Waals surface area contributed by atoms with Crippen molar-refractivity contribution in [2.45, 2.75) is 26.8 Å². The predicted molar refractivity (Wildman–Crippen MR) is 54.6 cm³/mol. The van der Waals surface area contributed by atoms with Gasteiger partial charge in [0.2, 0.25) is 0 Å². The molecular formula is C9H16N4O. The summed E-state index contributed by atoms with van der Waals surface area (Å²) in [5.74, 6) is -0.0690. The lowest BCUT2D eigenvalue weighted by Crippen LogP contribution is -2.15. The minimum atomic E-state index is -0.578. The molecule has 1 aromatic rings. The van der Waals surface area contributed by atoms with Gasteiger partial charge < -0.3 is 11.5 Å². The Morgan fingerprint density at radius 1 is 1.71 bits per heavy atom. The molecule has 1 unspecified atom stereocenters. The lowest BCUT2D eigenvalue weighted by atomic mass is 10.1. The number of carbonyl (C=O) groups is 1. The average Bonchev–Trinajstić information content (AvgIpc) is 2.46. The van der Waals surface area contributed by atoms with Crippen LogP contribution in [0.15, 0.2) is 6.20 Å². The summed E-state index contributed by atoms with van der Waals surface area (Å²) in [5.41, 5.74) is 11.2. The van der Waals surface area contributed by atoms with Crippen molar-refractivity contribution in [3.05, 3.63) is 11.9 Å². The monoisotopic (exact) mass is 196 g/mol. The van der Waals surface area contributed by atoms with Gasteiger partial charge in [0.1, 0.15) is 0 Å². The summed E-state index contributed by atoms with van der Waals surface area (Å²) in [6.07, 6.45) is 2.71. The zero-order valence-electron chi connectivity index (χ0n) is 8.53. The van der Waals surface area contributed by atoms with Crippen molar-refractivity contribution in [3.8, 4) is 0 Å². The summed E-state index contributed by atoms with van der Waals surface area (Å²) in [7, 11) is 0. The molecule has 14 heavy (non-hydrogen) atoms. The van der Waals surface area contributed by atoms with E-state index in [1.54, 1.807) is 10.9 Å². The van der Waals surface area contributed by atoms with Crippen molar-refractivity contribution in [1.29, 1.82) is 0 Å². The fourth-order valence-electron chi connectivity index (χ4n) is 1.17. The molecule has 1 atom stereocenters. The molecule has 0 spiro atoms. The molecule has 78 valence electrons. The molecule has 1 rings (SSSR count). The molecule has 1 aromatic heterocycles. The van der Waals surface area contributed by atoms with Gasteiger partial charge in [-0.25, -0.2) is 0 Å². The number of amides is 1. The number of nitrogens with two attached hydrogens (primary N) is 2. The Balaban J connectivity index is 2.81. The maximum Gasteiger partial charge on any atom is 0.271 e. The van der Waals surface area contributed by atoms with Gasteiger partial charge in [0.05, 0.1) is 5.69 Å². The normalized spacial score (nSPS) is 12.7.